The first-order chi connectivity index (χ1) is 10.2. The average Bonchev–Trinajstić information content (AvgIpc) is 2.90. The Morgan fingerprint density at radius 3 is 2.71 bits per heavy atom. The van der Waals surface area contributed by atoms with Gasteiger partial charge in [0.15, 0.2) is 0 Å². The van der Waals surface area contributed by atoms with E-state index >= 15 is 0 Å². The number of esters is 1. The Hall–Kier alpha value is -2.69. The molecule has 1 aromatic heterocycles. The molecule has 0 fully saturated rings. The van der Waals surface area contributed by atoms with Crippen molar-refractivity contribution >= 4 is 16.9 Å². The van der Waals surface area contributed by atoms with Crippen LogP contribution in [0.25, 0.3) is 10.9 Å². The molecule has 106 valence electrons. The predicted molar refractivity (Wildman–Crippen MR) is 76.6 cm³/mol. The van der Waals surface area contributed by atoms with E-state index in [9.17, 15) is 9.18 Å². The van der Waals surface area contributed by atoms with E-state index in [1.54, 1.807) is 28.9 Å². The van der Waals surface area contributed by atoms with Gasteiger partial charge < -0.3 is 4.74 Å². The van der Waals surface area contributed by atoms with E-state index in [1.165, 1.54) is 19.2 Å². The number of methoxy groups -OCH3 is 1. The van der Waals surface area contributed by atoms with Gasteiger partial charge in [0, 0.05) is 11.6 Å². The van der Waals surface area contributed by atoms with Crippen molar-refractivity contribution in [1.82, 2.24) is 9.78 Å². The van der Waals surface area contributed by atoms with Crippen molar-refractivity contribution in [3.05, 3.63) is 65.6 Å². The number of carbonyl (C=O) groups is 1. The summed E-state index contributed by atoms with van der Waals surface area (Å²) in [6, 6.07) is 11.5. The highest BCUT2D eigenvalue weighted by atomic mass is 19.1. The Morgan fingerprint density at radius 1 is 1.24 bits per heavy atom. The lowest BCUT2D eigenvalue weighted by molar-refractivity contribution is 0.0601. The second-order valence-corrected chi connectivity index (χ2v) is 4.72. The van der Waals surface area contributed by atoms with E-state index < -0.39 is 0 Å². The monoisotopic (exact) mass is 284 g/mol. The summed E-state index contributed by atoms with van der Waals surface area (Å²) in [5.41, 5.74) is 2.15. The lowest BCUT2D eigenvalue weighted by Gasteiger charge is -2.01. The first-order valence-electron chi connectivity index (χ1n) is 6.46. The molecule has 0 bridgehead atoms. The first kappa shape index (κ1) is 13.3. The van der Waals surface area contributed by atoms with Gasteiger partial charge in [0.05, 0.1) is 24.7 Å². The molecule has 0 saturated carbocycles. The molecule has 5 heteroatoms. The van der Waals surface area contributed by atoms with Crippen molar-refractivity contribution in [2.75, 3.05) is 7.11 Å². The minimum absolute atomic E-state index is 0.257. The maximum Gasteiger partial charge on any atom is 0.337 e. The van der Waals surface area contributed by atoms with E-state index in [2.05, 4.69) is 9.84 Å². The Bertz CT molecular complexity index is 794. The first-order valence-corrected chi connectivity index (χ1v) is 6.46. The van der Waals surface area contributed by atoms with E-state index in [0.717, 1.165) is 16.5 Å². The van der Waals surface area contributed by atoms with Gasteiger partial charge in [-0.05, 0) is 29.8 Å². The predicted octanol–water partition coefficient (Wildman–Crippen LogP) is 3.01. The molecule has 0 spiro atoms. The van der Waals surface area contributed by atoms with Gasteiger partial charge >= 0.3 is 5.97 Å². The van der Waals surface area contributed by atoms with E-state index in [1.807, 2.05) is 12.3 Å². The van der Waals surface area contributed by atoms with Crippen molar-refractivity contribution in [2.45, 2.75) is 6.54 Å². The van der Waals surface area contributed by atoms with E-state index in [0.29, 0.717) is 12.1 Å². The molecule has 21 heavy (non-hydrogen) atoms. The van der Waals surface area contributed by atoms with Crippen molar-refractivity contribution in [3.8, 4) is 0 Å². The number of benzene rings is 2. The van der Waals surface area contributed by atoms with Crippen molar-refractivity contribution in [2.24, 2.45) is 0 Å². The Kier molecular flexibility index (Phi) is 3.39. The summed E-state index contributed by atoms with van der Waals surface area (Å²) in [4.78, 5) is 11.5. The van der Waals surface area contributed by atoms with Gasteiger partial charge in [0.25, 0.3) is 0 Å². The molecular weight excluding hydrogens is 271 g/mol. The fourth-order valence-corrected chi connectivity index (χ4v) is 2.17. The summed E-state index contributed by atoms with van der Waals surface area (Å²) in [7, 11) is 1.35. The normalized spacial score (nSPS) is 10.8. The number of aromatic nitrogens is 2. The quantitative estimate of drug-likeness (QED) is 0.694. The number of carbonyl (C=O) groups excluding carboxylic acids is 1. The summed E-state index contributed by atoms with van der Waals surface area (Å²) >= 11 is 0. The number of nitrogens with zero attached hydrogens (tertiary/aromatic N) is 2. The molecule has 2 aromatic carbocycles. The zero-order valence-electron chi connectivity index (χ0n) is 11.4. The molecule has 0 saturated heterocycles. The van der Waals surface area contributed by atoms with Gasteiger partial charge in [-0.1, -0.05) is 18.2 Å². The minimum Gasteiger partial charge on any atom is -0.465 e. The third kappa shape index (κ3) is 2.76. The van der Waals surface area contributed by atoms with Crippen LogP contribution in [0.15, 0.2) is 48.7 Å². The van der Waals surface area contributed by atoms with Crippen LogP contribution >= 0.6 is 0 Å². The number of hydrogen-bond acceptors (Lipinski definition) is 3. The molecule has 0 unspecified atom stereocenters. The molecule has 0 amide bonds. The van der Waals surface area contributed by atoms with Gasteiger partial charge in [-0.15, -0.1) is 0 Å². The van der Waals surface area contributed by atoms with Crippen molar-refractivity contribution in [1.29, 1.82) is 0 Å². The van der Waals surface area contributed by atoms with Gasteiger partial charge in [-0.25, -0.2) is 9.18 Å². The van der Waals surface area contributed by atoms with Crippen LogP contribution in [-0.2, 0) is 11.3 Å². The molecule has 3 aromatic rings. The zero-order chi connectivity index (χ0) is 14.8. The molecule has 0 radical (unpaired) electrons. The molecule has 4 nitrogen and oxygen atoms in total. The summed E-state index contributed by atoms with van der Waals surface area (Å²) in [6.07, 6.45) is 1.89. The van der Waals surface area contributed by atoms with Crippen molar-refractivity contribution in [3.63, 3.8) is 0 Å². The lowest BCUT2D eigenvalue weighted by atomic mass is 10.2. The summed E-state index contributed by atoms with van der Waals surface area (Å²) < 4.78 is 19.3. The fraction of sp³-hybridized carbons (Fsp3) is 0.125. The number of rotatable bonds is 3. The van der Waals surface area contributed by atoms with E-state index in [4.69, 9.17) is 0 Å². The van der Waals surface area contributed by atoms with Crippen LogP contribution in [0.2, 0.25) is 0 Å². The van der Waals surface area contributed by atoms with Crippen LogP contribution in [0.4, 0.5) is 4.39 Å². The molecule has 0 aliphatic carbocycles. The maximum absolute atomic E-state index is 12.9. The number of hydrogen-bond donors (Lipinski definition) is 0. The van der Waals surface area contributed by atoms with Crippen LogP contribution in [0.5, 0.6) is 0 Å². The third-order valence-electron chi connectivity index (χ3n) is 3.23. The lowest BCUT2D eigenvalue weighted by Crippen LogP contribution is -2.01. The number of halogens is 1. The molecule has 0 N–H and O–H groups in total. The standard InChI is InChI=1S/C16H13FN2O2/c1-21-16(20)12-4-5-13-10-19(18-15(13)8-12)9-11-2-6-14(17)7-3-11/h2-8,10H,9H2,1H3. The fourth-order valence-electron chi connectivity index (χ4n) is 2.17. The second-order valence-electron chi connectivity index (χ2n) is 4.72. The van der Waals surface area contributed by atoms with Gasteiger partial charge in [-0.3, -0.25) is 4.68 Å². The van der Waals surface area contributed by atoms with E-state index in [-0.39, 0.29) is 11.8 Å². The smallest absolute Gasteiger partial charge is 0.337 e. The largest absolute Gasteiger partial charge is 0.465 e. The summed E-state index contributed by atoms with van der Waals surface area (Å²) in [6.45, 7) is 0.544. The van der Waals surface area contributed by atoms with Gasteiger partial charge in [-0.2, -0.15) is 5.10 Å². The van der Waals surface area contributed by atoms with Crippen LogP contribution < -0.4 is 0 Å². The molecule has 1 heterocycles. The molecule has 0 aliphatic rings. The molecule has 0 aliphatic heterocycles. The Labute approximate surface area is 120 Å². The van der Waals surface area contributed by atoms with Crippen LogP contribution in [0.3, 0.4) is 0 Å². The van der Waals surface area contributed by atoms with Gasteiger partial charge in [0.1, 0.15) is 5.82 Å². The SMILES string of the molecule is COC(=O)c1ccc2cn(Cc3ccc(F)cc3)nc2c1. The third-order valence-corrected chi connectivity index (χ3v) is 3.23. The molecule has 3 rings (SSSR count). The van der Waals surface area contributed by atoms with Gasteiger partial charge in [0.2, 0.25) is 0 Å². The van der Waals surface area contributed by atoms with Crippen LogP contribution in [0, 0.1) is 5.82 Å². The molecule has 0 atom stereocenters. The van der Waals surface area contributed by atoms with Crippen LogP contribution in [0.1, 0.15) is 15.9 Å². The Balaban J connectivity index is 1.90. The maximum atomic E-state index is 12.9. The topological polar surface area (TPSA) is 44.1 Å². The number of ether oxygens (including phenoxy) is 1. The summed E-state index contributed by atoms with van der Waals surface area (Å²) in [5, 5.41) is 5.36. The number of fused-ring (bicyclic) bond motifs is 1. The highest BCUT2D eigenvalue weighted by molar-refractivity contribution is 5.94. The Morgan fingerprint density at radius 2 is 2.00 bits per heavy atom. The average molecular weight is 284 g/mol. The zero-order valence-corrected chi connectivity index (χ0v) is 11.4. The highest BCUT2D eigenvalue weighted by Crippen LogP contribution is 2.16. The van der Waals surface area contributed by atoms with Crippen LogP contribution in [-0.4, -0.2) is 22.9 Å². The highest BCUT2D eigenvalue weighted by Gasteiger charge is 2.08. The molecular formula is C16H13FN2O2. The van der Waals surface area contributed by atoms with Crippen molar-refractivity contribution < 1.29 is 13.9 Å². The minimum atomic E-state index is -0.384. The second kappa shape index (κ2) is 5.36. The summed E-state index contributed by atoms with van der Waals surface area (Å²) in [5.74, 6) is -0.642.